The molecular formula is C17H21N3O. The number of pyridine rings is 1. The number of aromatic nitrogens is 1. The fourth-order valence-electron chi connectivity index (χ4n) is 3.06. The van der Waals surface area contributed by atoms with Crippen LogP contribution in [0.2, 0.25) is 0 Å². The maximum Gasteiger partial charge on any atom is 0.219 e. The van der Waals surface area contributed by atoms with Crippen LogP contribution in [0.25, 0.3) is 10.8 Å². The van der Waals surface area contributed by atoms with Crippen LogP contribution in [0.15, 0.2) is 36.7 Å². The number of nitrogens with zero attached hydrogens (tertiary/aromatic N) is 2. The van der Waals surface area contributed by atoms with Gasteiger partial charge in [0.1, 0.15) is 0 Å². The number of hydrogen-bond donors (Lipinski definition) is 1. The Balaban J connectivity index is 1.82. The Kier molecular flexibility index (Phi) is 4.15. The van der Waals surface area contributed by atoms with Gasteiger partial charge in [-0.1, -0.05) is 24.3 Å². The van der Waals surface area contributed by atoms with E-state index in [1.807, 2.05) is 23.4 Å². The van der Waals surface area contributed by atoms with Gasteiger partial charge < -0.3 is 10.2 Å². The minimum atomic E-state index is 0.166. The van der Waals surface area contributed by atoms with E-state index >= 15 is 0 Å². The third-order valence-corrected chi connectivity index (χ3v) is 4.17. The van der Waals surface area contributed by atoms with Crippen LogP contribution >= 0.6 is 0 Å². The Labute approximate surface area is 125 Å². The number of amides is 1. The number of carbonyl (C=O) groups is 1. The summed E-state index contributed by atoms with van der Waals surface area (Å²) in [6, 6.07) is 8.36. The maximum absolute atomic E-state index is 11.6. The second kappa shape index (κ2) is 6.22. The molecule has 0 saturated carbocycles. The summed E-state index contributed by atoms with van der Waals surface area (Å²) in [6.07, 6.45) is 4.82. The monoisotopic (exact) mass is 283 g/mol. The van der Waals surface area contributed by atoms with Gasteiger partial charge in [-0.3, -0.25) is 9.78 Å². The second-order valence-corrected chi connectivity index (χ2v) is 5.76. The quantitative estimate of drug-likeness (QED) is 0.915. The van der Waals surface area contributed by atoms with Crippen LogP contribution in [0.1, 0.15) is 12.5 Å². The van der Waals surface area contributed by atoms with Gasteiger partial charge in [0.15, 0.2) is 0 Å². The zero-order chi connectivity index (χ0) is 14.7. The van der Waals surface area contributed by atoms with Gasteiger partial charge in [-0.2, -0.15) is 0 Å². The predicted octanol–water partition coefficient (Wildman–Crippen LogP) is 1.85. The zero-order valence-corrected chi connectivity index (χ0v) is 12.4. The Bertz CT molecular complexity index is 635. The van der Waals surface area contributed by atoms with Gasteiger partial charge in [0, 0.05) is 50.9 Å². The SMILES string of the molecule is CC(=O)N1CCNC[C@@H](Cc2cncc3ccccc23)C1. The molecule has 1 aromatic carbocycles. The molecule has 0 spiro atoms. The molecule has 1 aliphatic heterocycles. The van der Waals surface area contributed by atoms with Gasteiger partial charge in [0.05, 0.1) is 0 Å². The molecule has 1 amide bonds. The first-order chi connectivity index (χ1) is 10.2. The van der Waals surface area contributed by atoms with E-state index in [-0.39, 0.29) is 5.91 Å². The highest BCUT2D eigenvalue weighted by Gasteiger charge is 2.20. The van der Waals surface area contributed by atoms with Gasteiger partial charge in [0.25, 0.3) is 0 Å². The molecule has 1 atom stereocenters. The molecular weight excluding hydrogens is 262 g/mol. The second-order valence-electron chi connectivity index (χ2n) is 5.76. The lowest BCUT2D eigenvalue weighted by atomic mass is 9.96. The number of carbonyl (C=O) groups excluding carboxylic acids is 1. The molecule has 4 nitrogen and oxygen atoms in total. The summed E-state index contributed by atoms with van der Waals surface area (Å²) in [7, 11) is 0. The fraction of sp³-hybridized carbons (Fsp3) is 0.412. The van der Waals surface area contributed by atoms with E-state index < -0.39 is 0 Å². The zero-order valence-electron chi connectivity index (χ0n) is 12.4. The van der Waals surface area contributed by atoms with Crippen LogP contribution in [0, 0.1) is 5.92 Å². The summed E-state index contributed by atoms with van der Waals surface area (Å²) < 4.78 is 0. The number of benzene rings is 1. The largest absolute Gasteiger partial charge is 0.341 e. The number of nitrogens with one attached hydrogen (secondary N) is 1. The molecule has 1 aliphatic rings. The summed E-state index contributed by atoms with van der Waals surface area (Å²) >= 11 is 0. The highest BCUT2D eigenvalue weighted by atomic mass is 16.2. The fourth-order valence-corrected chi connectivity index (χ4v) is 3.06. The molecule has 0 unspecified atom stereocenters. The van der Waals surface area contributed by atoms with Crippen LogP contribution < -0.4 is 5.32 Å². The van der Waals surface area contributed by atoms with Crippen molar-refractivity contribution in [2.45, 2.75) is 13.3 Å². The minimum Gasteiger partial charge on any atom is -0.341 e. The van der Waals surface area contributed by atoms with Crippen molar-refractivity contribution in [3.63, 3.8) is 0 Å². The van der Waals surface area contributed by atoms with E-state index in [1.54, 1.807) is 6.92 Å². The molecule has 1 aromatic heterocycles. The molecule has 0 aliphatic carbocycles. The molecule has 1 fully saturated rings. The lowest BCUT2D eigenvalue weighted by Gasteiger charge is -2.23. The molecule has 2 aromatic rings. The van der Waals surface area contributed by atoms with Gasteiger partial charge in [-0.25, -0.2) is 0 Å². The van der Waals surface area contributed by atoms with Crippen LogP contribution in [0.5, 0.6) is 0 Å². The van der Waals surface area contributed by atoms with Crippen molar-refractivity contribution in [3.8, 4) is 0 Å². The molecule has 0 bridgehead atoms. The van der Waals surface area contributed by atoms with Crippen molar-refractivity contribution in [3.05, 3.63) is 42.2 Å². The topological polar surface area (TPSA) is 45.2 Å². The van der Waals surface area contributed by atoms with E-state index in [0.29, 0.717) is 5.92 Å². The number of rotatable bonds is 2. The van der Waals surface area contributed by atoms with E-state index in [0.717, 1.165) is 32.6 Å². The van der Waals surface area contributed by atoms with Crippen LogP contribution in [-0.2, 0) is 11.2 Å². The van der Waals surface area contributed by atoms with E-state index in [9.17, 15) is 4.79 Å². The molecule has 110 valence electrons. The van der Waals surface area contributed by atoms with Gasteiger partial charge in [0.2, 0.25) is 5.91 Å². The standard InChI is InChI=1S/C17H21N3O/c1-13(21)20-7-6-18-9-14(12-20)8-16-11-19-10-15-4-2-3-5-17(15)16/h2-5,10-11,14,18H,6-9,12H2,1H3/t14-/m1/s1. The summed E-state index contributed by atoms with van der Waals surface area (Å²) in [5, 5.41) is 5.89. The third kappa shape index (κ3) is 3.22. The molecule has 1 saturated heterocycles. The first-order valence-corrected chi connectivity index (χ1v) is 7.52. The molecule has 2 heterocycles. The van der Waals surface area contributed by atoms with E-state index in [1.165, 1.54) is 16.3 Å². The summed E-state index contributed by atoms with van der Waals surface area (Å²) in [6.45, 7) is 5.11. The highest BCUT2D eigenvalue weighted by molar-refractivity contribution is 5.84. The average molecular weight is 283 g/mol. The van der Waals surface area contributed by atoms with Gasteiger partial charge >= 0.3 is 0 Å². The lowest BCUT2D eigenvalue weighted by Crippen LogP contribution is -2.34. The van der Waals surface area contributed by atoms with E-state index in [4.69, 9.17) is 0 Å². The first-order valence-electron chi connectivity index (χ1n) is 7.52. The van der Waals surface area contributed by atoms with Crippen LogP contribution in [-0.4, -0.2) is 42.0 Å². The highest BCUT2D eigenvalue weighted by Crippen LogP contribution is 2.21. The molecule has 0 radical (unpaired) electrons. The Hall–Kier alpha value is -1.94. The van der Waals surface area contributed by atoms with Crippen molar-refractivity contribution in [2.24, 2.45) is 5.92 Å². The van der Waals surface area contributed by atoms with Crippen LogP contribution in [0.3, 0.4) is 0 Å². The first kappa shape index (κ1) is 14.0. The number of fused-ring (bicyclic) bond motifs is 1. The number of hydrogen-bond acceptors (Lipinski definition) is 3. The molecule has 4 heteroatoms. The van der Waals surface area contributed by atoms with Gasteiger partial charge in [-0.15, -0.1) is 0 Å². The summed E-state index contributed by atoms with van der Waals surface area (Å²) in [5.41, 5.74) is 1.27. The smallest absolute Gasteiger partial charge is 0.219 e. The third-order valence-electron chi connectivity index (χ3n) is 4.17. The van der Waals surface area contributed by atoms with Crippen molar-refractivity contribution >= 4 is 16.7 Å². The Morgan fingerprint density at radius 3 is 3.10 bits per heavy atom. The predicted molar refractivity (Wildman–Crippen MR) is 84.1 cm³/mol. The van der Waals surface area contributed by atoms with Crippen molar-refractivity contribution in [1.82, 2.24) is 15.2 Å². The maximum atomic E-state index is 11.6. The molecule has 1 N–H and O–H groups in total. The molecule has 21 heavy (non-hydrogen) atoms. The normalized spacial score (nSPS) is 19.5. The van der Waals surface area contributed by atoms with Crippen molar-refractivity contribution in [1.29, 1.82) is 0 Å². The Morgan fingerprint density at radius 1 is 1.38 bits per heavy atom. The van der Waals surface area contributed by atoms with Crippen molar-refractivity contribution < 1.29 is 4.79 Å². The summed E-state index contributed by atoms with van der Waals surface area (Å²) in [5.74, 6) is 0.601. The summed E-state index contributed by atoms with van der Waals surface area (Å²) in [4.78, 5) is 18.0. The molecule has 3 rings (SSSR count). The van der Waals surface area contributed by atoms with Crippen LogP contribution in [0.4, 0.5) is 0 Å². The average Bonchev–Trinajstić information content (AvgIpc) is 2.73. The van der Waals surface area contributed by atoms with E-state index in [2.05, 4.69) is 28.5 Å². The van der Waals surface area contributed by atoms with Gasteiger partial charge in [-0.05, 0) is 23.3 Å². The minimum absolute atomic E-state index is 0.166. The van der Waals surface area contributed by atoms with Crippen molar-refractivity contribution in [2.75, 3.05) is 26.2 Å². The lowest BCUT2D eigenvalue weighted by molar-refractivity contribution is -0.129. The Morgan fingerprint density at radius 2 is 2.24 bits per heavy atom.